The second-order valence-electron chi connectivity index (χ2n) is 2.77. The largest absolute Gasteiger partial charge is 0.460 e. The quantitative estimate of drug-likeness (QED) is 0.488. The van der Waals surface area contributed by atoms with Crippen molar-refractivity contribution >= 4 is 5.97 Å². The maximum Gasteiger partial charge on any atom is 0.335 e. The van der Waals surface area contributed by atoms with Crippen LogP contribution in [-0.2, 0) is 9.53 Å². The summed E-state index contributed by atoms with van der Waals surface area (Å²) in [5.41, 5.74) is 5.73. The Morgan fingerprint density at radius 3 is 2.18 bits per heavy atom. The average molecular weight is 157 g/mol. The fraction of sp³-hybridized carbons (Fsp3) is 0.625. The normalized spacial score (nSPS) is 12.8. The Balaban J connectivity index is 3.94. The van der Waals surface area contributed by atoms with E-state index >= 15 is 0 Å². The molecule has 0 aliphatic rings. The van der Waals surface area contributed by atoms with Gasteiger partial charge in [0.2, 0.25) is 0 Å². The van der Waals surface area contributed by atoms with Crippen LogP contribution >= 0.6 is 0 Å². The third kappa shape index (κ3) is 3.78. The second kappa shape index (κ2) is 4.13. The molecule has 11 heavy (non-hydrogen) atoms. The van der Waals surface area contributed by atoms with E-state index in [0.717, 1.165) is 0 Å². The van der Waals surface area contributed by atoms with Crippen LogP contribution in [0.25, 0.3) is 0 Å². The lowest BCUT2D eigenvalue weighted by Crippen LogP contribution is -2.25. The number of hydrogen-bond donors (Lipinski definition) is 1. The minimum atomic E-state index is -0.407. The van der Waals surface area contributed by atoms with Crippen LogP contribution in [0.15, 0.2) is 12.2 Å². The summed E-state index contributed by atoms with van der Waals surface area (Å²) < 4.78 is 4.85. The van der Waals surface area contributed by atoms with Gasteiger partial charge in [-0.05, 0) is 20.8 Å². The molecule has 1 unspecified atom stereocenters. The molecule has 3 heteroatoms. The maximum absolute atomic E-state index is 11.0. The van der Waals surface area contributed by atoms with E-state index < -0.39 is 5.97 Å². The van der Waals surface area contributed by atoms with E-state index in [4.69, 9.17) is 10.5 Å². The van der Waals surface area contributed by atoms with Crippen molar-refractivity contribution in [3.8, 4) is 0 Å². The number of rotatable bonds is 3. The molecule has 0 spiro atoms. The van der Waals surface area contributed by atoms with E-state index in [1.54, 1.807) is 20.8 Å². The van der Waals surface area contributed by atoms with Crippen molar-refractivity contribution in [1.29, 1.82) is 0 Å². The summed E-state index contributed by atoms with van der Waals surface area (Å²) in [7, 11) is 0. The van der Waals surface area contributed by atoms with Crippen LogP contribution in [0.5, 0.6) is 0 Å². The van der Waals surface area contributed by atoms with Gasteiger partial charge in [0.1, 0.15) is 0 Å². The minimum Gasteiger partial charge on any atom is -0.460 e. The fourth-order valence-corrected chi connectivity index (χ4v) is 0.476. The third-order valence-corrected chi connectivity index (χ3v) is 1.15. The van der Waals surface area contributed by atoms with Gasteiger partial charge in [-0.15, -0.1) is 0 Å². The minimum absolute atomic E-state index is 0.113. The molecule has 0 saturated heterocycles. The van der Waals surface area contributed by atoms with Gasteiger partial charge in [-0.1, -0.05) is 6.58 Å². The first-order chi connectivity index (χ1) is 4.95. The molecule has 0 aromatic heterocycles. The van der Waals surface area contributed by atoms with Gasteiger partial charge in [0.15, 0.2) is 0 Å². The van der Waals surface area contributed by atoms with Crippen molar-refractivity contribution in [2.45, 2.75) is 32.9 Å². The van der Waals surface area contributed by atoms with Crippen LogP contribution in [0.4, 0.5) is 0 Å². The van der Waals surface area contributed by atoms with Gasteiger partial charge in [-0.25, -0.2) is 4.79 Å². The number of nitrogens with two attached hydrogens (primary N) is 1. The van der Waals surface area contributed by atoms with E-state index in [1.165, 1.54) is 0 Å². The molecule has 64 valence electrons. The van der Waals surface area contributed by atoms with Crippen LogP contribution in [0.1, 0.15) is 20.8 Å². The molecule has 0 fully saturated rings. The molecule has 0 aromatic carbocycles. The van der Waals surface area contributed by atoms with Gasteiger partial charge >= 0.3 is 5.97 Å². The summed E-state index contributed by atoms with van der Waals surface area (Å²) >= 11 is 0. The highest BCUT2D eigenvalue weighted by Gasteiger charge is 2.13. The van der Waals surface area contributed by atoms with E-state index in [9.17, 15) is 4.79 Å². The molecule has 0 bridgehead atoms. The Morgan fingerprint density at radius 1 is 1.45 bits per heavy atom. The summed E-state index contributed by atoms with van der Waals surface area (Å²) in [5.74, 6) is -0.407. The average Bonchev–Trinajstić information content (AvgIpc) is 1.84. The van der Waals surface area contributed by atoms with Crippen molar-refractivity contribution in [2.75, 3.05) is 0 Å². The lowest BCUT2D eigenvalue weighted by molar-refractivity contribution is -0.142. The number of carbonyl (C=O) groups excluding carboxylic acids is 1. The molecule has 0 aliphatic heterocycles. The first-order valence-corrected chi connectivity index (χ1v) is 3.60. The Bertz CT molecular complexity index is 161. The van der Waals surface area contributed by atoms with Crippen molar-refractivity contribution < 1.29 is 9.53 Å². The zero-order valence-corrected chi connectivity index (χ0v) is 7.26. The number of ether oxygens (including phenoxy) is 1. The summed E-state index contributed by atoms with van der Waals surface area (Å²) in [6.07, 6.45) is -0.113. The standard InChI is InChI=1S/C8H15NO2/c1-5(2)11-8(10)6(3)7(4)9/h5,7H,3,9H2,1-2,4H3. The van der Waals surface area contributed by atoms with Gasteiger partial charge in [0.25, 0.3) is 0 Å². The summed E-state index contributed by atoms with van der Waals surface area (Å²) in [5, 5.41) is 0. The molecule has 0 amide bonds. The topological polar surface area (TPSA) is 52.3 Å². The van der Waals surface area contributed by atoms with Gasteiger partial charge in [0.05, 0.1) is 6.10 Å². The van der Waals surface area contributed by atoms with Crippen LogP contribution in [0.3, 0.4) is 0 Å². The summed E-state index contributed by atoms with van der Waals surface area (Å²) in [6, 6.07) is -0.332. The van der Waals surface area contributed by atoms with Crippen molar-refractivity contribution in [2.24, 2.45) is 5.73 Å². The second-order valence-corrected chi connectivity index (χ2v) is 2.77. The summed E-state index contributed by atoms with van der Waals surface area (Å²) in [4.78, 5) is 11.0. The highest BCUT2D eigenvalue weighted by atomic mass is 16.5. The smallest absolute Gasteiger partial charge is 0.335 e. The van der Waals surface area contributed by atoms with Gasteiger partial charge in [-0.3, -0.25) is 0 Å². The van der Waals surface area contributed by atoms with Gasteiger partial charge in [-0.2, -0.15) is 0 Å². The molecule has 1 atom stereocenters. The van der Waals surface area contributed by atoms with E-state index in [2.05, 4.69) is 6.58 Å². The monoisotopic (exact) mass is 157 g/mol. The van der Waals surface area contributed by atoms with Crippen LogP contribution in [-0.4, -0.2) is 18.1 Å². The van der Waals surface area contributed by atoms with Gasteiger partial charge in [0, 0.05) is 11.6 Å². The molecule has 3 nitrogen and oxygen atoms in total. The van der Waals surface area contributed by atoms with Crippen molar-refractivity contribution in [3.63, 3.8) is 0 Å². The highest BCUT2D eigenvalue weighted by molar-refractivity contribution is 5.89. The molecular formula is C8H15NO2. The Kier molecular flexibility index (Phi) is 3.82. The Labute approximate surface area is 67.2 Å². The number of carbonyl (C=O) groups is 1. The SMILES string of the molecule is C=C(C(=O)OC(C)C)C(C)N. The van der Waals surface area contributed by atoms with E-state index in [1.807, 2.05) is 0 Å². The Hall–Kier alpha value is -0.830. The van der Waals surface area contributed by atoms with Crippen LogP contribution < -0.4 is 5.73 Å². The van der Waals surface area contributed by atoms with Crippen molar-refractivity contribution in [1.82, 2.24) is 0 Å². The first kappa shape index (κ1) is 10.2. The molecule has 0 radical (unpaired) electrons. The molecular weight excluding hydrogens is 142 g/mol. The number of esters is 1. The van der Waals surface area contributed by atoms with Crippen molar-refractivity contribution in [3.05, 3.63) is 12.2 Å². The lowest BCUT2D eigenvalue weighted by Gasteiger charge is -2.11. The first-order valence-electron chi connectivity index (χ1n) is 3.60. The molecule has 0 saturated carbocycles. The van der Waals surface area contributed by atoms with Crippen LogP contribution in [0, 0.1) is 0 Å². The lowest BCUT2D eigenvalue weighted by atomic mass is 10.2. The maximum atomic E-state index is 11.0. The fourth-order valence-electron chi connectivity index (χ4n) is 0.476. The third-order valence-electron chi connectivity index (χ3n) is 1.15. The zero-order valence-electron chi connectivity index (χ0n) is 7.26. The Morgan fingerprint density at radius 2 is 1.91 bits per heavy atom. The van der Waals surface area contributed by atoms with Gasteiger partial charge < -0.3 is 10.5 Å². The molecule has 0 aromatic rings. The molecule has 0 heterocycles. The van der Waals surface area contributed by atoms with Crippen LogP contribution in [0.2, 0.25) is 0 Å². The molecule has 2 N–H and O–H groups in total. The molecule has 0 aliphatic carbocycles. The zero-order chi connectivity index (χ0) is 9.02. The van der Waals surface area contributed by atoms with E-state index in [0.29, 0.717) is 5.57 Å². The highest BCUT2D eigenvalue weighted by Crippen LogP contribution is 2.01. The number of hydrogen-bond acceptors (Lipinski definition) is 3. The molecule has 0 rings (SSSR count). The predicted octanol–water partition coefficient (Wildman–Crippen LogP) is 0.841. The van der Waals surface area contributed by atoms with E-state index in [-0.39, 0.29) is 12.1 Å². The summed E-state index contributed by atoms with van der Waals surface area (Å²) in [6.45, 7) is 8.77. The predicted molar refractivity (Wildman–Crippen MR) is 44.0 cm³/mol.